The first-order chi connectivity index (χ1) is 7.15. The molecule has 0 fully saturated rings. The Balaban J connectivity index is 4.15. The van der Waals surface area contributed by atoms with Crippen molar-refractivity contribution in [3.63, 3.8) is 0 Å². The van der Waals surface area contributed by atoms with Gasteiger partial charge < -0.3 is 10.5 Å². The molecule has 15 heavy (non-hydrogen) atoms. The van der Waals surface area contributed by atoms with Gasteiger partial charge in [0.05, 0.1) is 6.61 Å². The monoisotopic (exact) mass is 216 g/mol. The first-order valence-electron chi connectivity index (χ1n) is 6.08. The van der Waals surface area contributed by atoms with Crippen molar-refractivity contribution in [2.24, 2.45) is 11.7 Å². The van der Waals surface area contributed by atoms with Gasteiger partial charge in [-0.15, -0.1) is 0 Å². The average molecular weight is 216 g/mol. The molecule has 0 aromatic heterocycles. The molecule has 0 spiro atoms. The summed E-state index contributed by atoms with van der Waals surface area (Å²) in [6.07, 6.45) is 2.39. The fraction of sp³-hybridized carbons (Fsp3) is 1.00. The maximum atomic E-state index is 5.82. The highest BCUT2D eigenvalue weighted by atomic mass is 16.5. The summed E-state index contributed by atoms with van der Waals surface area (Å²) >= 11 is 0. The van der Waals surface area contributed by atoms with Crippen LogP contribution < -0.4 is 5.73 Å². The molecule has 2 N–H and O–H groups in total. The molecule has 0 saturated carbocycles. The second-order valence-corrected chi connectivity index (χ2v) is 4.56. The highest BCUT2D eigenvalue weighted by Gasteiger charge is 2.16. The molecule has 0 heterocycles. The molecule has 1 unspecified atom stereocenters. The normalized spacial score (nSPS) is 13.8. The van der Waals surface area contributed by atoms with E-state index in [4.69, 9.17) is 10.5 Å². The lowest BCUT2D eigenvalue weighted by atomic mass is 10.1. The molecular formula is C12H28N2O. The molecule has 0 aliphatic rings. The summed E-state index contributed by atoms with van der Waals surface area (Å²) in [7, 11) is 1.75. The SMILES string of the molecule is CCCC(CN)N(CCOC)CC(C)C. The van der Waals surface area contributed by atoms with Crippen LogP contribution in [-0.4, -0.2) is 44.3 Å². The first-order valence-corrected chi connectivity index (χ1v) is 6.08. The van der Waals surface area contributed by atoms with Crippen molar-refractivity contribution < 1.29 is 4.74 Å². The third kappa shape index (κ3) is 6.88. The van der Waals surface area contributed by atoms with Gasteiger partial charge in [0.15, 0.2) is 0 Å². The van der Waals surface area contributed by atoms with Crippen molar-refractivity contribution in [3.8, 4) is 0 Å². The molecule has 3 nitrogen and oxygen atoms in total. The topological polar surface area (TPSA) is 38.5 Å². The number of hydrogen-bond acceptors (Lipinski definition) is 3. The average Bonchev–Trinajstić information content (AvgIpc) is 2.20. The minimum Gasteiger partial charge on any atom is -0.383 e. The summed E-state index contributed by atoms with van der Waals surface area (Å²) in [5, 5.41) is 0. The zero-order chi connectivity index (χ0) is 11.7. The van der Waals surface area contributed by atoms with Crippen molar-refractivity contribution >= 4 is 0 Å². The van der Waals surface area contributed by atoms with Gasteiger partial charge in [0, 0.05) is 32.8 Å². The molecule has 0 aromatic carbocycles. The minimum absolute atomic E-state index is 0.521. The zero-order valence-corrected chi connectivity index (χ0v) is 10.8. The third-order valence-electron chi connectivity index (χ3n) is 2.59. The lowest BCUT2D eigenvalue weighted by Gasteiger charge is -2.32. The van der Waals surface area contributed by atoms with Gasteiger partial charge in [-0.1, -0.05) is 27.2 Å². The van der Waals surface area contributed by atoms with E-state index < -0.39 is 0 Å². The van der Waals surface area contributed by atoms with Crippen molar-refractivity contribution in [3.05, 3.63) is 0 Å². The molecule has 0 bridgehead atoms. The highest BCUT2D eigenvalue weighted by molar-refractivity contribution is 4.73. The third-order valence-corrected chi connectivity index (χ3v) is 2.59. The lowest BCUT2D eigenvalue weighted by Crippen LogP contribution is -2.44. The Morgan fingerprint density at radius 3 is 2.40 bits per heavy atom. The molecule has 0 aliphatic carbocycles. The van der Waals surface area contributed by atoms with Crippen molar-refractivity contribution in [2.45, 2.75) is 39.7 Å². The van der Waals surface area contributed by atoms with E-state index in [1.807, 2.05) is 0 Å². The molecule has 92 valence electrons. The Hall–Kier alpha value is -0.120. The first kappa shape index (κ1) is 14.9. The predicted molar refractivity (Wildman–Crippen MR) is 66.0 cm³/mol. The van der Waals surface area contributed by atoms with E-state index in [1.54, 1.807) is 7.11 Å². The minimum atomic E-state index is 0.521. The van der Waals surface area contributed by atoms with Gasteiger partial charge in [-0.2, -0.15) is 0 Å². The molecule has 0 radical (unpaired) electrons. The zero-order valence-electron chi connectivity index (χ0n) is 10.8. The van der Waals surface area contributed by atoms with Gasteiger partial charge in [0.1, 0.15) is 0 Å². The summed E-state index contributed by atoms with van der Waals surface area (Å²) in [5.41, 5.74) is 5.82. The Morgan fingerprint density at radius 2 is 2.00 bits per heavy atom. The number of hydrogen-bond donors (Lipinski definition) is 1. The summed E-state index contributed by atoms with van der Waals surface area (Å²) in [6, 6.07) is 0.521. The number of nitrogens with two attached hydrogens (primary N) is 1. The Bertz CT molecular complexity index is 140. The lowest BCUT2D eigenvalue weighted by molar-refractivity contribution is 0.108. The Morgan fingerprint density at radius 1 is 1.33 bits per heavy atom. The maximum absolute atomic E-state index is 5.82. The maximum Gasteiger partial charge on any atom is 0.0589 e. The van der Waals surface area contributed by atoms with Gasteiger partial charge in [-0.3, -0.25) is 4.90 Å². The Labute approximate surface area is 95.0 Å². The highest BCUT2D eigenvalue weighted by Crippen LogP contribution is 2.09. The fourth-order valence-electron chi connectivity index (χ4n) is 1.88. The second-order valence-electron chi connectivity index (χ2n) is 4.56. The van der Waals surface area contributed by atoms with Gasteiger partial charge >= 0.3 is 0 Å². The van der Waals surface area contributed by atoms with Crippen LogP contribution >= 0.6 is 0 Å². The van der Waals surface area contributed by atoms with E-state index in [-0.39, 0.29) is 0 Å². The quantitative estimate of drug-likeness (QED) is 0.638. The Kier molecular flexibility index (Phi) is 9.06. The largest absolute Gasteiger partial charge is 0.383 e. The molecule has 0 aromatic rings. The molecule has 0 saturated heterocycles. The van der Waals surface area contributed by atoms with E-state index in [9.17, 15) is 0 Å². The van der Waals surface area contributed by atoms with Crippen LogP contribution in [0, 0.1) is 5.92 Å². The van der Waals surface area contributed by atoms with Gasteiger partial charge in [-0.05, 0) is 12.3 Å². The summed E-state index contributed by atoms with van der Waals surface area (Å²) in [6.45, 7) is 10.4. The van der Waals surface area contributed by atoms with Crippen molar-refractivity contribution in [1.82, 2.24) is 4.90 Å². The van der Waals surface area contributed by atoms with Crippen LogP contribution in [0.3, 0.4) is 0 Å². The van der Waals surface area contributed by atoms with Crippen LogP contribution in [0.25, 0.3) is 0 Å². The number of nitrogens with zero attached hydrogens (tertiary/aromatic N) is 1. The van der Waals surface area contributed by atoms with E-state index in [2.05, 4.69) is 25.7 Å². The van der Waals surface area contributed by atoms with Crippen LogP contribution in [-0.2, 0) is 4.74 Å². The molecular weight excluding hydrogens is 188 g/mol. The predicted octanol–water partition coefficient (Wildman–Crippen LogP) is 1.72. The fourth-order valence-corrected chi connectivity index (χ4v) is 1.88. The molecule has 0 amide bonds. The van der Waals surface area contributed by atoms with Crippen LogP contribution in [0.15, 0.2) is 0 Å². The molecule has 0 rings (SSSR count). The van der Waals surface area contributed by atoms with Gasteiger partial charge in [-0.25, -0.2) is 0 Å². The van der Waals surface area contributed by atoms with Crippen LogP contribution in [0.5, 0.6) is 0 Å². The summed E-state index contributed by atoms with van der Waals surface area (Å²) in [5.74, 6) is 0.688. The van der Waals surface area contributed by atoms with Crippen molar-refractivity contribution in [2.75, 3.05) is 33.4 Å². The van der Waals surface area contributed by atoms with Gasteiger partial charge in [0.25, 0.3) is 0 Å². The molecule has 3 heteroatoms. The second kappa shape index (κ2) is 9.13. The summed E-state index contributed by atoms with van der Waals surface area (Å²) < 4.78 is 5.14. The number of methoxy groups -OCH3 is 1. The van der Waals surface area contributed by atoms with E-state index in [0.29, 0.717) is 12.0 Å². The van der Waals surface area contributed by atoms with Crippen LogP contribution in [0.2, 0.25) is 0 Å². The number of ether oxygens (including phenoxy) is 1. The standard InChI is InChI=1S/C12H28N2O/c1-5-6-12(9-13)14(7-8-15-4)10-11(2)3/h11-12H,5-10,13H2,1-4H3. The summed E-state index contributed by atoms with van der Waals surface area (Å²) in [4.78, 5) is 2.47. The van der Waals surface area contributed by atoms with E-state index >= 15 is 0 Å². The van der Waals surface area contributed by atoms with Crippen LogP contribution in [0.1, 0.15) is 33.6 Å². The van der Waals surface area contributed by atoms with Crippen molar-refractivity contribution in [1.29, 1.82) is 0 Å². The van der Waals surface area contributed by atoms with E-state index in [0.717, 1.165) is 26.2 Å². The smallest absolute Gasteiger partial charge is 0.0589 e. The van der Waals surface area contributed by atoms with E-state index in [1.165, 1.54) is 12.8 Å². The van der Waals surface area contributed by atoms with Crippen LogP contribution in [0.4, 0.5) is 0 Å². The van der Waals surface area contributed by atoms with Gasteiger partial charge in [0.2, 0.25) is 0 Å². The molecule has 1 atom stereocenters. The molecule has 0 aliphatic heterocycles. The number of rotatable bonds is 9.